The van der Waals surface area contributed by atoms with E-state index >= 15 is 0 Å². The van der Waals surface area contributed by atoms with Crippen molar-refractivity contribution in [2.75, 3.05) is 26.8 Å². The maximum Gasteiger partial charge on any atom is 0.269 e. The molecule has 1 aliphatic heterocycles. The van der Waals surface area contributed by atoms with E-state index < -0.39 is 0 Å². The third-order valence-electron chi connectivity index (χ3n) is 3.59. The minimum atomic E-state index is -0.224. The Bertz CT molecular complexity index is 491. The number of rotatable bonds is 4. The number of piperidine rings is 1. The first kappa shape index (κ1) is 18.6. The topological polar surface area (TPSA) is 66.2 Å². The average Bonchev–Trinajstić information content (AvgIpc) is 2.69. The Morgan fingerprint density at radius 1 is 1.43 bits per heavy atom. The zero-order valence-electron chi connectivity index (χ0n) is 12.0. The van der Waals surface area contributed by atoms with Crippen molar-refractivity contribution < 1.29 is 9.53 Å². The summed E-state index contributed by atoms with van der Waals surface area (Å²) in [5.41, 5.74) is 1.02. The fourth-order valence-corrected chi connectivity index (χ4v) is 2.89. The number of aromatic nitrogens is 1. The van der Waals surface area contributed by atoms with Gasteiger partial charge in [-0.3, -0.25) is 4.79 Å². The van der Waals surface area contributed by atoms with Crippen LogP contribution in [0.1, 0.15) is 22.6 Å². The first-order chi connectivity index (χ1) is 9.54. The number of methoxy groups -OCH3 is 1. The van der Waals surface area contributed by atoms with Crippen LogP contribution in [0.2, 0.25) is 10.0 Å². The minimum Gasteiger partial charge on any atom is -0.384 e. The predicted octanol–water partition coefficient (Wildman–Crippen LogP) is 2.41. The predicted molar refractivity (Wildman–Crippen MR) is 86.9 cm³/mol. The van der Waals surface area contributed by atoms with E-state index in [1.54, 1.807) is 14.0 Å². The van der Waals surface area contributed by atoms with Gasteiger partial charge >= 0.3 is 0 Å². The highest BCUT2D eigenvalue weighted by atomic mass is 35.5. The number of carbonyl (C=O) groups is 1. The molecule has 0 unspecified atom stereocenters. The minimum absolute atomic E-state index is 0. The maximum absolute atomic E-state index is 12.3. The van der Waals surface area contributed by atoms with Crippen LogP contribution in [-0.4, -0.2) is 43.7 Å². The summed E-state index contributed by atoms with van der Waals surface area (Å²) in [5, 5.41) is 6.99. The molecule has 1 aromatic rings. The highest BCUT2D eigenvalue weighted by molar-refractivity contribution is 6.44. The summed E-state index contributed by atoms with van der Waals surface area (Å²) in [4.78, 5) is 15.2. The molecule has 1 saturated heterocycles. The molecular weight excluding hydrogens is 337 g/mol. The average molecular weight is 357 g/mol. The van der Waals surface area contributed by atoms with Gasteiger partial charge in [0, 0.05) is 31.3 Å². The van der Waals surface area contributed by atoms with Crippen LogP contribution in [-0.2, 0) is 4.74 Å². The molecule has 1 fully saturated rings. The number of hydrogen-bond acceptors (Lipinski definition) is 3. The molecule has 21 heavy (non-hydrogen) atoms. The Morgan fingerprint density at radius 2 is 2.14 bits per heavy atom. The van der Waals surface area contributed by atoms with Gasteiger partial charge in [-0.05, 0) is 19.9 Å². The number of nitrogens with one attached hydrogen (secondary N) is 3. The van der Waals surface area contributed by atoms with Crippen molar-refractivity contribution in [3.05, 3.63) is 21.4 Å². The molecule has 2 atom stereocenters. The molecule has 1 aromatic heterocycles. The summed E-state index contributed by atoms with van der Waals surface area (Å²) in [6.45, 7) is 4.10. The lowest BCUT2D eigenvalue weighted by Gasteiger charge is -2.32. The Labute approximate surface area is 140 Å². The fraction of sp³-hybridized carbons (Fsp3) is 0.615. The fourth-order valence-electron chi connectivity index (χ4n) is 2.47. The summed E-state index contributed by atoms with van der Waals surface area (Å²) in [5.74, 6) is 0.0287. The van der Waals surface area contributed by atoms with E-state index in [0.29, 0.717) is 23.0 Å². The SMILES string of the molecule is COC[C@H]1CNCC[C@H]1NC(=O)c1[nH]c(C)c(Cl)c1Cl.Cl. The van der Waals surface area contributed by atoms with Gasteiger partial charge in [-0.2, -0.15) is 0 Å². The molecule has 120 valence electrons. The largest absolute Gasteiger partial charge is 0.384 e. The standard InChI is InChI=1S/C13H19Cl2N3O2.ClH/c1-7-10(14)11(15)12(17-7)13(19)18-9-3-4-16-5-8(9)6-20-2;/h8-9,16-17H,3-6H2,1-2H3,(H,18,19);1H/t8-,9-;/m1./s1. The number of hydrogen-bond donors (Lipinski definition) is 3. The summed E-state index contributed by atoms with van der Waals surface area (Å²) in [6, 6.07) is 0.0714. The number of halogens is 3. The van der Waals surface area contributed by atoms with Crippen LogP contribution in [0.3, 0.4) is 0 Å². The molecule has 5 nitrogen and oxygen atoms in total. The number of H-pyrrole nitrogens is 1. The van der Waals surface area contributed by atoms with Crippen LogP contribution in [0.4, 0.5) is 0 Å². The summed E-state index contributed by atoms with van der Waals surface area (Å²) >= 11 is 12.1. The van der Waals surface area contributed by atoms with Crippen LogP contribution in [0.15, 0.2) is 0 Å². The normalized spacial score (nSPS) is 21.7. The number of amides is 1. The molecular formula is C13H20Cl3N3O2. The van der Waals surface area contributed by atoms with Gasteiger partial charge in [-0.1, -0.05) is 23.2 Å². The van der Waals surface area contributed by atoms with Gasteiger partial charge in [0.25, 0.3) is 5.91 Å². The van der Waals surface area contributed by atoms with E-state index in [1.165, 1.54) is 0 Å². The Morgan fingerprint density at radius 3 is 2.71 bits per heavy atom. The Hall–Kier alpha value is -0.460. The van der Waals surface area contributed by atoms with Crippen molar-refractivity contribution in [2.24, 2.45) is 5.92 Å². The molecule has 0 aliphatic carbocycles. The van der Waals surface area contributed by atoms with Crippen molar-refractivity contribution in [2.45, 2.75) is 19.4 Å². The Kier molecular flexibility index (Phi) is 7.30. The van der Waals surface area contributed by atoms with E-state index in [2.05, 4.69) is 15.6 Å². The van der Waals surface area contributed by atoms with Crippen molar-refractivity contribution in [1.82, 2.24) is 15.6 Å². The molecule has 0 saturated carbocycles. The molecule has 0 radical (unpaired) electrons. The summed E-state index contributed by atoms with van der Waals surface area (Å²) < 4.78 is 5.20. The van der Waals surface area contributed by atoms with Gasteiger partial charge in [0.2, 0.25) is 0 Å². The van der Waals surface area contributed by atoms with Crippen molar-refractivity contribution >= 4 is 41.5 Å². The van der Waals surface area contributed by atoms with Gasteiger partial charge in [0.1, 0.15) is 5.69 Å². The molecule has 0 bridgehead atoms. The number of carbonyl (C=O) groups excluding carboxylic acids is 1. The van der Waals surface area contributed by atoms with Crippen LogP contribution >= 0.6 is 35.6 Å². The molecule has 2 heterocycles. The zero-order valence-corrected chi connectivity index (χ0v) is 14.3. The highest BCUT2D eigenvalue weighted by Gasteiger charge is 2.28. The second-order valence-electron chi connectivity index (χ2n) is 5.04. The van der Waals surface area contributed by atoms with E-state index in [1.807, 2.05) is 0 Å². The van der Waals surface area contributed by atoms with E-state index in [9.17, 15) is 4.79 Å². The number of ether oxygens (including phenoxy) is 1. The van der Waals surface area contributed by atoms with Crippen LogP contribution in [0.5, 0.6) is 0 Å². The van der Waals surface area contributed by atoms with Crippen molar-refractivity contribution in [1.29, 1.82) is 0 Å². The van der Waals surface area contributed by atoms with Crippen molar-refractivity contribution in [3.63, 3.8) is 0 Å². The molecule has 1 amide bonds. The van der Waals surface area contributed by atoms with E-state index in [4.69, 9.17) is 27.9 Å². The number of aryl methyl sites for hydroxylation is 1. The Balaban J connectivity index is 0.00000220. The first-order valence-corrected chi connectivity index (χ1v) is 7.34. The zero-order chi connectivity index (χ0) is 14.7. The van der Waals surface area contributed by atoms with Gasteiger partial charge in [-0.15, -0.1) is 12.4 Å². The number of aromatic amines is 1. The third kappa shape index (κ3) is 4.27. The quantitative estimate of drug-likeness (QED) is 0.776. The van der Waals surface area contributed by atoms with Gasteiger partial charge in [0.15, 0.2) is 0 Å². The second-order valence-corrected chi connectivity index (χ2v) is 5.80. The lowest BCUT2D eigenvalue weighted by molar-refractivity contribution is 0.0836. The van der Waals surface area contributed by atoms with Gasteiger partial charge < -0.3 is 20.4 Å². The lowest BCUT2D eigenvalue weighted by Crippen LogP contribution is -2.51. The maximum atomic E-state index is 12.3. The second kappa shape index (κ2) is 8.25. The summed E-state index contributed by atoms with van der Waals surface area (Å²) in [6.07, 6.45) is 0.866. The van der Waals surface area contributed by atoms with E-state index in [-0.39, 0.29) is 35.3 Å². The van der Waals surface area contributed by atoms with Crippen LogP contribution < -0.4 is 10.6 Å². The monoisotopic (exact) mass is 355 g/mol. The molecule has 2 rings (SSSR count). The first-order valence-electron chi connectivity index (χ1n) is 6.58. The van der Waals surface area contributed by atoms with Gasteiger partial charge in [0.05, 0.1) is 16.7 Å². The molecule has 0 spiro atoms. The van der Waals surface area contributed by atoms with Crippen LogP contribution in [0.25, 0.3) is 0 Å². The molecule has 3 N–H and O–H groups in total. The molecule has 8 heteroatoms. The summed E-state index contributed by atoms with van der Waals surface area (Å²) in [7, 11) is 1.67. The van der Waals surface area contributed by atoms with Crippen molar-refractivity contribution in [3.8, 4) is 0 Å². The third-order valence-corrected chi connectivity index (χ3v) is 4.53. The van der Waals surface area contributed by atoms with Crippen LogP contribution in [0, 0.1) is 12.8 Å². The highest BCUT2D eigenvalue weighted by Crippen LogP contribution is 2.29. The lowest BCUT2D eigenvalue weighted by atomic mass is 9.94. The van der Waals surface area contributed by atoms with Gasteiger partial charge in [-0.25, -0.2) is 0 Å². The smallest absolute Gasteiger partial charge is 0.269 e. The van der Waals surface area contributed by atoms with E-state index in [0.717, 1.165) is 19.5 Å². The molecule has 1 aliphatic rings. The molecule has 0 aromatic carbocycles.